The minimum atomic E-state index is -0.342. The third kappa shape index (κ3) is 8.34. The van der Waals surface area contributed by atoms with Crippen molar-refractivity contribution < 1.29 is 9.59 Å². The molecule has 1 unspecified atom stereocenters. The molecule has 0 saturated carbocycles. The zero-order valence-corrected chi connectivity index (χ0v) is 22.0. The van der Waals surface area contributed by atoms with Gasteiger partial charge < -0.3 is 0 Å². The van der Waals surface area contributed by atoms with E-state index in [1.54, 1.807) is 43.0 Å². The second-order valence-corrected chi connectivity index (χ2v) is 9.01. The number of pyridine rings is 1. The van der Waals surface area contributed by atoms with E-state index < -0.39 is 0 Å². The minimum Gasteiger partial charge on any atom is -0.273 e. The van der Waals surface area contributed by atoms with Crippen LogP contribution in [-0.4, -0.2) is 22.5 Å². The highest BCUT2D eigenvalue weighted by Crippen LogP contribution is 2.35. The number of rotatable bonds is 4. The van der Waals surface area contributed by atoms with Crippen LogP contribution in [0.15, 0.2) is 112 Å². The molecule has 1 aliphatic heterocycles. The highest BCUT2D eigenvalue weighted by atomic mass is 32.2. The first-order valence-corrected chi connectivity index (χ1v) is 12.3. The minimum absolute atomic E-state index is 0.292. The molecule has 0 fully saturated rings. The van der Waals surface area contributed by atoms with Gasteiger partial charge in [0, 0.05) is 32.8 Å². The highest BCUT2D eigenvalue weighted by Gasteiger charge is 2.17. The number of carbonyl (C=O) groups excluding carboxylic acids is 2. The number of hydrazine groups is 1. The van der Waals surface area contributed by atoms with E-state index in [0.717, 1.165) is 22.7 Å². The average Bonchev–Trinajstić information content (AvgIpc) is 3.09. The van der Waals surface area contributed by atoms with Crippen molar-refractivity contribution in [2.24, 2.45) is 10.9 Å². The topological polar surface area (TPSA) is 83.5 Å². The fourth-order valence-corrected chi connectivity index (χ4v) is 3.94. The summed E-state index contributed by atoms with van der Waals surface area (Å²) in [5.41, 5.74) is 9.23. The van der Waals surface area contributed by atoms with Crippen LogP contribution in [0.5, 0.6) is 0 Å². The summed E-state index contributed by atoms with van der Waals surface area (Å²) < 4.78 is 0. The van der Waals surface area contributed by atoms with Gasteiger partial charge in [-0.3, -0.25) is 25.4 Å². The first-order valence-electron chi connectivity index (χ1n) is 11.5. The van der Waals surface area contributed by atoms with Crippen molar-refractivity contribution in [1.82, 2.24) is 15.8 Å². The van der Waals surface area contributed by atoms with Crippen LogP contribution in [0.4, 0.5) is 0 Å². The molecule has 6 nitrogen and oxygen atoms in total. The number of aromatic nitrogens is 1. The average molecular weight is 511 g/mol. The normalized spacial score (nSPS) is 12.5. The van der Waals surface area contributed by atoms with Crippen LogP contribution in [0.25, 0.3) is 0 Å². The zero-order valence-electron chi connectivity index (χ0n) is 21.1. The number of nitrogens with zero attached hydrogens (tertiary/aromatic N) is 2. The number of allylic oxidation sites excluding steroid dienone is 2. The Morgan fingerprint density at radius 1 is 0.946 bits per heavy atom. The summed E-state index contributed by atoms with van der Waals surface area (Å²) in [6.45, 7) is 9.35. The van der Waals surface area contributed by atoms with Gasteiger partial charge in [0.05, 0.1) is 17.3 Å². The van der Waals surface area contributed by atoms with E-state index in [4.69, 9.17) is 4.99 Å². The molecule has 2 heterocycles. The van der Waals surface area contributed by atoms with Crippen molar-refractivity contribution in [1.29, 1.82) is 0 Å². The lowest BCUT2D eigenvalue weighted by atomic mass is 10.1. The quantitative estimate of drug-likeness (QED) is 0.264. The summed E-state index contributed by atoms with van der Waals surface area (Å²) >= 11 is 1.78. The van der Waals surface area contributed by atoms with Crippen LogP contribution < -0.4 is 10.9 Å². The predicted molar refractivity (Wildman–Crippen MR) is 152 cm³/mol. The van der Waals surface area contributed by atoms with Crippen LogP contribution in [-0.2, 0) is 4.79 Å². The molecule has 2 aromatic carbocycles. The van der Waals surface area contributed by atoms with E-state index in [1.807, 2.05) is 36.5 Å². The first kappa shape index (κ1) is 28.8. The van der Waals surface area contributed by atoms with Gasteiger partial charge in [-0.1, -0.05) is 67.2 Å². The largest absolute Gasteiger partial charge is 0.273 e. The van der Waals surface area contributed by atoms with Crippen LogP contribution in [0.3, 0.4) is 0 Å². The van der Waals surface area contributed by atoms with Crippen molar-refractivity contribution in [2.45, 2.75) is 25.7 Å². The number of benzene rings is 2. The summed E-state index contributed by atoms with van der Waals surface area (Å²) in [6.07, 6.45) is 11.3. The molecule has 0 spiro atoms. The molecule has 7 heteroatoms. The molecule has 0 radical (unpaired) electrons. The van der Waals surface area contributed by atoms with Crippen molar-refractivity contribution in [2.75, 3.05) is 0 Å². The summed E-state index contributed by atoms with van der Waals surface area (Å²) in [4.78, 5) is 34.5. The Hall–Kier alpha value is -4.41. The fourth-order valence-electron chi connectivity index (χ4n) is 3.00. The van der Waals surface area contributed by atoms with Gasteiger partial charge in [0.15, 0.2) is 0 Å². The molecule has 4 rings (SSSR count). The summed E-state index contributed by atoms with van der Waals surface area (Å²) in [5.74, 6) is -0.972. The van der Waals surface area contributed by atoms with Gasteiger partial charge in [-0.05, 0) is 44.2 Å². The number of fused-ring (bicyclic) bond motifs is 1. The van der Waals surface area contributed by atoms with Crippen molar-refractivity contribution in [3.63, 3.8) is 0 Å². The summed E-state index contributed by atoms with van der Waals surface area (Å²) in [5, 5.41) is 0. The molecule has 1 atom stereocenters. The van der Waals surface area contributed by atoms with Crippen molar-refractivity contribution >= 4 is 29.3 Å². The van der Waals surface area contributed by atoms with Gasteiger partial charge in [-0.25, -0.2) is 4.99 Å². The van der Waals surface area contributed by atoms with Gasteiger partial charge >= 0.3 is 0 Å². The Bertz CT molecular complexity index is 1300. The van der Waals surface area contributed by atoms with Gasteiger partial charge in [0.1, 0.15) is 0 Å². The molecule has 188 valence electrons. The Balaban J connectivity index is 0.000000248. The van der Waals surface area contributed by atoms with Gasteiger partial charge in [0.25, 0.3) is 5.91 Å². The Kier molecular flexibility index (Phi) is 11.6. The van der Waals surface area contributed by atoms with Crippen molar-refractivity contribution in [3.8, 4) is 12.8 Å². The lowest BCUT2D eigenvalue weighted by Crippen LogP contribution is -2.43. The molecule has 2 N–H and O–H groups in total. The monoisotopic (exact) mass is 510 g/mol. The third-order valence-corrected chi connectivity index (χ3v) is 6.38. The number of terminal acetylenes is 1. The molecule has 0 aliphatic carbocycles. The predicted octanol–water partition coefficient (Wildman–Crippen LogP) is 5.80. The first-order chi connectivity index (χ1) is 17.9. The van der Waals surface area contributed by atoms with E-state index in [0.29, 0.717) is 5.56 Å². The van der Waals surface area contributed by atoms with Gasteiger partial charge in [-0.2, -0.15) is 0 Å². The number of amides is 2. The molecule has 2 amide bonds. The maximum atomic E-state index is 11.5. The van der Waals surface area contributed by atoms with E-state index in [1.165, 1.54) is 15.9 Å². The van der Waals surface area contributed by atoms with E-state index >= 15 is 0 Å². The molecular formula is C30H30N4O2S. The van der Waals surface area contributed by atoms with Crippen molar-refractivity contribution in [3.05, 3.63) is 119 Å². The molecule has 37 heavy (non-hydrogen) atoms. The Morgan fingerprint density at radius 3 is 2.24 bits per heavy atom. The standard InChI is InChI=1S/C16H14N2S.C12H14N2O2.C2H2/c1-11-12(2)19-15-9-4-3-7-13(15)16(18-11)14-8-5-6-10-17-14;1-3-9(2)11(15)13-14-12(16)10-7-5-4-6-8-10;1-2/h3-10H,1-2H3;3-9H,1H2,2H3,(H,13,15)(H,14,16);1-2H. The molecule has 0 saturated heterocycles. The second kappa shape index (κ2) is 14.9. The van der Waals surface area contributed by atoms with E-state index in [9.17, 15) is 9.59 Å². The number of hydrogen-bond acceptors (Lipinski definition) is 5. The van der Waals surface area contributed by atoms with Gasteiger partial charge in [-0.15, -0.1) is 19.4 Å². The number of carbonyl (C=O) groups is 2. The zero-order chi connectivity index (χ0) is 27.2. The number of aliphatic imine (C=N–C) groups is 1. The molecule has 0 bridgehead atoms. The number of hydrogen-bond donors (Lipinski definition) is 2. The maximum Gasteiger partial charge on any atom is 0.269 e. The Morgan fingerprint density at radius 2 is 1.59 bits per heavy atom. The lowest BCUT2D eigenvalue weighted by Gasteiger charge is -2.09. The summed E-state index contributed by atoms with van der Waals surface area (Å²) in [7, 11) is 0. The smallest absolute Gasteiger partial charge is 0.269 e. The maximum absolute atomic E-state index is 11.5. The van der Waals surface area contributed by atoms with Gasteiger partial charge in [0.2, 0.25) is 5.91 Å². The second-order valence-electron chi connectivity index (χ2n) is 7.75. The van der Waals surface area contributed by atoms with E-state index in [2.05, 4.69) is 67.3 Å². The molecule has 1 aromatic heterocycles. The Labute approximate surface area is 223 Å². The fraction of sp³-hybridized carbons (Fsp3) is 0.133. The summed E-state index contributed by atoms with van der Waals surface area (Å²) in [6, 6.07) is 22.9. The van der Waals surface area contributed by atoms with E-state index in [-0.39, 0.29) is 17.7 Å². The molecular weight excluding hydrogens is 480 g/mol. The van der Waals surface area contributed by atoms with Crippen LogP contribution >= 0.6 is 11.8 Å². The lowest BCUT2D eigenvalue weighted by molar-refractivity contribution is -0.123. The van der Waals surface area contributed by atoms with Crippen LogP contribution in [0.2, 0.25) is 0 Å². The molecule has 3 aromatic rings. The van der Waals surface area contributed by atoms with Crippen LogP contribution in [0, 0.1) is 18.8 Å². The number of thioether (sulfide) groups is 1. The molecule has 1 aliphatic rings. The SMILES string of the molecule is C#C.C=CC(C)C(=O)NNC(=O)c1ccccc1.CC1=C(C)Sc2ccccc2C(c2ccccn2)=N1. The highest BCUT2D eigenvalue weighted by molar-refractivity contribution is 8.03. The van der Waals surface area contributed by atoms with Crippen LogP contribution in [0.1, 0.15) is 42.4 Å². The third-order valence-electron chi connectivity index (χ3n) is 5.20. The number of nitrogens with one attached hydrogen (secondary N) is 2.